The van der Waals surface area contributed by atoms with Crippen molar-refractivity contribution in [2.75, 3.05) is 0 Å². The molecule has 4 N–H and O–H groups in total. The van der Waals surface area contributed by atoms with Crippen LogP contribution in [0.3, 0.4) is 0 Å². The van der Waals surface area contributed by atoms with Gasteiger partial charge in [0, 0.05) is 12.0 Å². The summed E-state index contributed by atoms with van der Waals surface area (Å²) in [6.45, 7) is 0. The number of hydrogen-bond donors (Lipinski definition) is 2. The Labute approximate surface area is 94.6 Å². The van der Waals surface area contributed by atoms with Crippen LogP contribution >= 0.6 is 0 Å². The van der Waals surface area contributed by atoms with Crippen molar-refractivity contribution in [1.29, 1.82) is 0 Å². The quantitative estimate of drug-likeness (QED) is 0.752. The van der Waals surface area contributed by atoms with Gasteiger partial charge in [0.05, 0.1) is 17.4 Å². The third kappa shape index (κ3) is 1.70. The number of nitrogens with two attached hydrogens (primary N) is 2. The predicted molar refractivity (Wildman–Crippen MR) is 59.5 cm³/mol. The highest BCUT2D eigenvalue weighted by atomic mass is 15.2. The smallest absolute Gasteiger partial charge is 0.170 e. The molecule has 1 aromatic heterocycles. The Balaban J connectivity index is 1.83. The van der Waals surface area contributed by atoms with E-state index in [1.54, 1.807) is 0 Å². The SMILES string of the molecule is NC1CCC(N)(c2ncc(C3CC3)nn2)C1. The zero-order valence-electron chi connectivity index (χ0n) is 9.26. The van der Waals surface area contributed by atoms with E-state index in [9.17, 15) is 0 Å². The first-order valence-electron chi connectivity index (χ1n) is 5.92. The van der Waals surface area contributed by atoms with Crippen LogP contribution in [-0.2, 0) is 5.54 Å². The lowest BCUT2D eigenvalue weighted by Gasteiger charge is -2.21. The Morgan fingerprint density at radius 1 is 1.25 bits per heavy atom. The molecule has 0 aromatic carbocycles. The maximum Gasteiger partial charge on any atom is 0.170 e. The van der Waals surface area contributed by atoms with Gasteiger partial charge in [-0.1, -0.05) is 0 Å². The molecule has 0 amide bonds. The van der Waals surface area contributed by atoms with Gasteiger partial charge in [0.25, 0.3) is 0 Å². The van der Waals surface area contributed by atoms with Crippen LogP contribution in [0, 0.1) is 0 Å². The van der Waals surface area contributed by atoms with Crippen LogP contribution in [0.25, 0.3) is 0 Å². The molecule has 2 atom stereocenters. The summed E-state index contributed by atoms with van der Waals surface area (Å²) in [5.74, 6) is 1.25. The zero-order valence-corrected chi connectivity index (χ0v) is 9.26. The maximum atomic E-state index is 6.27. The summed E-state index contributed by atoms with van der Waals surface area (Å²) in [6, 6.07) is 0.178. The van der Waals surface area contributed by atoms with Gasteiger partial charge in [-0.05, 0) is 32.1 Å². The fourth-order valence-corrected chi connectivity index (χ4v) is 2.40. The summed E-state index contributed by atoms with van der Waals surface area (Å²) in [5, 5.41) is 8.41. The minimum atomic E-state index is -0.450. The molecule has 2 unspecified atom stereocenters. The van der Waals surface area contributed by atoms with Crippen molar-refractivity contribution in [2.45, 2.75) is 49.6 Å². The van der Waals surface area contributed by atoms with Gasteiger partial charge >= 0.3 is 0 Å². The first-order valence-corrected chi connectivity index (χ1v) is 5.92. The van der Waals surface area contributed by atoms with Crippen molar-refractivity contribution in [2.24, 2.45) is 11.5 Å². The molecule has 0 spiro atoms. The van der Waals surface area contributed by atoms with Crippen LogP contribution in [0.15, 0.2) is 6.20 Å². The van der Waals surface area contributed by atoms with E-state index >= 15 is 0 Å². The lowest BCUT2D eigenvalue weighted by atomic mass is 9.98. The third-order valence-electron chi connectivity index (χ3n) is 3.61. The minimum Gasteiger partial charge on any atom is -0.328 e. The number of rotatable bonds is 2. The second-order valence-corrected chi connectivity index (χ2v) is 5.14. The van der Waals surface area contributed by atoms with Gasteiger partial charge in [-0.3, -0.25) is 0 Å². The molecule has 1 aromatic rings. The summed E-state index contributed by atoms with van der Waals surface area (Å²) < 4.78 is 0. The first-order chi connectivity index (χ1) is 7.67. The van der Waals surface area contributed by atoms with Gasteiger partial charge in [0.2, 0.25) is 0 Å². The number of nitrogens with zero attached hydrogens (tertiary/aromatic N) is 3. The Bertz CT molecular complexity index is 386. The Kier molecular flexibility index (Phi) is 2.19. The molecule has 2 fully saturated rings. The molecule has 1 heterocycles. The average Bonchev–Trinajstić information content (AvgIpc) is 3.06. The number of hydrogen-bond acceptors (Lipinski definition) is 5. The summed E-state index contributed by atoms with van der Waals surface area (Å²) >= 11 is 0. The molecule has 0 aliphatic heterocycles. The number of aromatic nitrogens is 3. The normalized spacial score (nSPS) is 34.2. The molecule has 5 nitrogen and oxygen atoms in total. The van der Waals surface area contributed by atoms with Crippen molar-refractivity contribution < 1.29 is 0 Å². The van der Waals surface area contributed by atoms with E-state index < -0.39 is 5.54 Å². The molecule has 2 aliphatic rings. The lowest BCUT2D eigenvalue weighted by molar-refractivity contribution is 0.417. The van der Waals surface area contributed by atoms with Gasteiger partial charge in [-0.2, -0.15) is 5.10 Å². The molecule has 0 bridgehead atoms. The molecule has 0 radical (unpaired) electrons. The minimum absolute atomic E-state index is 0.178. The van der Waals surface area contributed by atoms with Gasteiger partial charge in [-0.25, -0.2) is 4.98 Å². The molecule has 2 aliphatic carbocycles. The first kappa shape index (κ1) is 10.1. The van der Waals surface area contributed by atoms with E-state index in [-0.39, 0.29) is 6.04 Å². The summed E-state index contributed by atoms with van der Waals surface area (Å²) in [6.07, 6.45) is 6.83. The van der Waals surface area contributed by atoms with Crippen LogP contribution in [0.4, 0.5) is 0 Å². The van der Waals surface area contributed by atoms with Crippen molar-refractivity contribution in [1.82, 2.24) is 15.2 Å². The molecular weight excluding hydrogens is 202 g/mol. The van der Waals surface area contributed by atoms with Gasteiger partial charge in [0.15, 0.2) is 5.82 Å². The van der Waals surface area contributed by atoms with E-state index in [0.29, 0.717) is 11.7 Å². The Morgan fingerprint density at radius 3 is 2.56 bits per heavy atom. The van der Waals surface area contributed by atoms with Crippen LogP contribution < -0.4 is 11.5 Å². The molecule has 3 rings (SSSR count). The molecule has 2 saturated carbocycles. The standard InChI is InChI=1S/C11H17N5/c12-8-3-4-11(13,5-8)10-14-6-9(15-16-10)7-1-2-7/h6-8H,1-5,12-13H2. The molecule has 5 heteroatoms. The summed E-state index contributed by atoms with van der Waals surface area (Å²) in [7, 11) is 0. The van der Waals surface area contributed by atoms with Crippen molar-refractivity contribution in [3.8, 4) is 0 Å². The third-order valence-corrected chi connectivity index (χ3v) is 3.61. The highest BCUT2D eigenvalue weighted by molar-refractivity contribution is 5.13. The monoisotopic (exact) mass is 219 g/mol. The summed E-state index contributed by atoms with van der Waals surface area (Å²) in [5.41, 5.74) is 12.7. The zero-order chi connectivity index (χ0) is 11.2. The second kappa shape index (κ2) is 3.46. The Morgan fingerprint density at radius 2 is 2.06 bits per heavy atom. The lowest BCUT2D eigenvalue weighted by Crippen LogP contribution is -2.37. The molecule has 0 saturated heterocycles. The topological polar surface area (TPSA) is 90.7 Å². The van der Waals surface area contributed by atoms with Crippen molar-refractivity contribution in [3.05, 3.63) is 17.7 Å². The molecule has 16 heavy (non-hydrogen) atoms. The van der Waals surface area contributed by atoms with Gasteiger partial charge < -0.3 is 11.5 Å². The van der Waals surface area contributed by atoms with Crippen molar-refractivity contribution >= 4 is 0 Å². The highest BCUT2D eigenvalue weighted by Crippen LogP contribution is 2.39. The van der Waals surface area contributed by atoms with E-state index in [0.717, 1.165) is 25.0 Å². The van der Waals surface area contributed by atoms with Gasteiger partial charge in [0.1, 0.15) is 0 Å². The van der Waals surface area contributed by atoms with E-state index in [4.69, 9.17) is 11.5 Å². The molecule has 86 valence electrons. The summed E-state index contributed by atoms with van der Waals surface area (Å²) in [4.78, 5) is 4.37. The van der Waals surface area contributed by atoms with Gasteiger partial charge in [-0.15, -0.1) is 5.10 Å². The van der Waals surface area contributed by atoms with Crippen molar-refractivity contribution in [3.63, 3.8) is 0 Å². The van der Waals surface area contributed by atoms with Crippen LogP contribution in [0.2, 0.25) is 0 Å². The molecular formula is C11H17N5. The highest BCUT2D eigenvalue weighted by Gasteiger charge is 2.38. The van der Waals surface area contributed by atoms with Crippen LogP contribution in [0.1, 0.15) is 49.5 Å². The fourth-order valence-electron chi connectivity index (χ4n) is 2.40. The van der Waals surface area contributed by atoms with E-state index in [1.165, 1.54) is 12.8 Å². The van der Waals surface area contributed by atoms with E-state index in [1.807, 2.05) is 6.20 Å². The Hall–Kier alpha value is -1.07. The van der Waals surface area contributed by atoms with Crippen LogP contribution in [0.5, 0.6) is 0 Å². The van der Waals surface area contributed by atoms with Crippen LogP contribution in [-0.4, -0.2) is 21.2 Å². The fraction of sp³-hybridized carbons (Fsp3) is 0.727. The predicted octanol–water partition coefficient (Wildman–Crippen LogP) is 0.414. The average molecular weight is 219 g/mol. The largest absolute Gasteiger partial charge is 0.328 e. The van der Waals surface area contributed by atoms with E-state index in [2.05, 4.69) is 15.2 Å². The second-order valence-electron chi connectivity index (χ2n) is 5.14. The maximum absolute atomic E-state index is 6.27.